The number of benzene rings is 1. The lowest BCUT2D eigenvalue weighted by molar-refractivity contribution is -0.118. The number of hydrogen-bond donors (Lipinski definition) is 1. The summed E-state index contributed by atoms with van der Waals surface area (Å²) < 4.78 is 5.44. The normalized spacial score (nSPS) is 18.3. The van der Waals surface area contributed by atoms with Gasteiger partial charge in [-0.05, 0) is 31.1 Å². The van der Waals surface area contributed by atoms with Crippen molar-refractivity contribution in [2.45, 2.75) is 19.3 Å². The predicted octanol–water partition coefficient (Wildman–Crippen LogP) is 2.06. The summed E-state index contributed by atoms with van der Waals surface area (Å²) in [5.41, 5.74) is 1.39. The van der Waals surface area contributed by atoms with E-state index in [4.69, 9.17) is 4.74 Å². The van der Waals surface area contributed by atoms with E-state index in [0.29, 0.717) is 24.6 Å². The van der Waals surface area contributed by atoms with Gasteiger partial charge in [0.25, 0.3) is 5.91 Å². The van der Waals surface area contributed by atoms with Crippen molar-refractivity contribution in [1.29, 1.82) is 0 Å². The Kier molecular flexibility index (Phi) is 3.41. The van der Waals surface area contributed by atoms with Crippen LogP contribution in [0.2, 0.25) is 0 Å². The summed E-state index contributed by atoms with van der Waals surface area (Å²) in [6.45, 7) is 0.937. The highest BCUT2D eigenvalue weighted by atomic mass is 16.5. The van der Waals surface area contributed by atoms with Crippen LogP contribution in [0.3, 0.4) is 0 Å². The average Bonchev–Trinajstić information content (AvgIpc) is 2.66. The number of fused-ring (bicyclic) bond motifs is 1. The summed E-state index contributed by atoms with van der Waals surface area (Å²) >= 11 is 0. The molecule has 0 bridgehead atoms. The Labute approximate surface area is 117 Å². The van der Waals surface area contributed by atoms with Gasteiger partial charge < -0.3 is 15.0 Å². The van der Waals surface area contributed by atoms with E-state index in [2.05, 4.69) is 5.32 Å². The standard InChI is InChI=1S/C15H16N2O3/c18-14-8-9-17(12-6-2-1-5-11(12)16-14)15(19)13-7-3-4-10-20-13/h1-2,5-7H,3-4,8-10H2,(H,16,18). The number of rotatable bonds is 1. The summed E-state index contributed by atoms with van der Waals surface area (Å²) in [6.07, 6.45) is 3.91. The molecule has 0 aromatic heterocycles. The fraction of sp³-hybridized carbons (Fsp3) is 0.333. The van der Waals surface area contributed by atoms with Crippen LogP contribution in [0.5, 0.6) is 0 Å². The summed E-state index contributed by atoms with van der Waals surface area (Å²) in [6, 6.07) is 7.33. The van der Waals surface area contributed by atoms with Gasteiger partial charge in [-0.2, -0.15) is 0 Å². The quantitative estimate of drug-likeness (QED) is 0.851. The second-order valence-electron chi connectivity index (χ2n) is 4.83. The molecule has 5 nitrogen and oxygen atoms in total. The summed E-state index contributed by atoms with van der Waals surface area (Å²) in [4.78, 5) is 25.9. The van der Waals surface area contributed by atoms with E-state index in [1.165, 1.54) is 0 Å². The molecule has 2 amide bonds. The van der Waals surface area contributed by atoms with Gasteiger partial charge in [0, 0.05) is 13.0 Å². The number of para-hydroxylation sites is 2. The number of allylic oxidation sites excluding steroid dienone is 1. The van der Waals surface area contributed by atoms with E-state index in [1.54, 1.807) is 11.0 Å². The summed E-state index contributed by atoms with van der Waals surface area (Å²) in [5.74, 6) is 0.139. The van der Waals surface area contributed by atoms with E-state index < -0.39 is 0 Å². The molecule has 2 aliphatic heterocycles. The van der Waals surface area contributed by atoms with Crippen LogP contribution in [0, 0.1) is 0 Å². The maximum Gasteiger partial charge on any atom is 0.293 e. The number of ether oxygens (including phenoxy) is 1. The molecule has 0 atom stereocenters. The van der Waals surface area contributed by atoms with Crippen LogP contribution in [-0.4, -0.2) is 25.0 Å². The number of carbonyl (C=O) groups is 2. The fourth-order valence-electron chi connectivity index (χ4n) is 2.41. The van der Waals surface area contributed by atoms with Crippen molar-refractivity contribution in [2.75, 3.05) is 23.4 Å². The van der Waals surface area contributed by atoms with Gasteiger partial charge in [0.05, 0.1) is 18.0 Å². The highest BCUT2D eigenvalue weighted by Gasteiger charge is 2.27. The van der Waals surface area contributed by atoms with Crippen molar-refractivity contribution in [2.24, 2.45) is 0 Å². The van der Waals surface area contributed by atoms with Gasteiger partial charge in [0.2, 0.25) is 5.91 Å². The second kappa shape index (κ2) is 5.36. The van der Waals surface area contributed by atoms with Crippen LogP contribution >= 0.6 is 0 Å². The molecular weight excluding hydrogens is 256 g/mol. The van der Waals surface area contributed by atoms with E-state index in [-0.39, 0.29) is 18.2 Å². The number of anilines is 2. The molecule has 20 heavy (non-hydrogen) atoms. The molecule has 0 fully saturated rings. The first-order valence-corrected chi connectivity index (χ1v) is 6.79. The first kappa shape index (κ1) is 12.7. The summed E-state index contributed by atoms with van der Waals surface area (Å²) in [7, 11) is 0. The summed E-state index contributed by atoms with van der Waals surface area (Å²) in [5, 5.41) is 2.82. The largest absolute Gasteiger partial charge is 0.488 e. The zero-order chi connectivity index (χ0) is 13.9. The third-order valence-electron chi connectivity index (χ3n) is 3.42. The molecule has 0 radical (unpaired) electrons. The van der Waals surface area contributed by atoms with Crippen LogP contribution in [0.25, 0.3) is 0 Å². The smallest absolute Gasteiger partial charge is 0.293 e. The van der Waals surface area contributed by atoms with Gasteiger partial charge in [0.1, 0.15) is 0 Å². The number of carbonyl (C=O) groups excluding carboxylic acids is 2. The Morgan fingerprint density at radius 1 is 1.30 bits per heavy atom. The predicted molar refractivity (Wildman–Crippen MR) is 75.3 cm³/mol. The van der Waals surface area contributed by atoms with Crippen molar-refractivity contribution in [3.63, 3.8) is 0 Å². The molecule has 2 heterocycles. The molecule has 0 unspecified atom stereocenters. The molecule has 104 valence electrons. The molecule has 5 heteroatoms. The lowest BCUT2D eigenvalue weighted by Crippen LogP contribution is -2.34. The zero-order valence-electron chi connectivity index (χ0n) is 11.1. The lowest BCUT2D eigenvalue weighted by atomic mass is 10.2. The molecule has 1 aromatic carbocycles. The highest BCUT2D eigenvalue weighted by molar-refractivity contribution is 6.09. The Morgan fingerprint density at radius 2 is 2.15 bits per heavy atom. The first-order chi connectivity index (χ1) is 9.75. The molecule has 0 spiro atoms. The minimum absolute atomic E-state index is 0.0775. The number of nitrogens with zero attached hydrogens (tertiary/aromatic N) is 1. The van der Waals surface area contributed by atoms with Gasteiger partial charge in [-0.15, -0.1) is 0 Å². The Hall–Kier alpha value is -2.30. The van der Waals surface area contributed by atoms with Crippen LogP contribution in [0.15, 0.2) is 36.1 Å². The van der Waals surface area contributed by atoms with Gasteiger partial charge in [-0.25, -0.2) is 0 Å². The minimum Gasteiger partial charge on any atom is -0.488 e. The number of nitrogens with one attached hydrogen (secondary N) is 1. The van der Waals surface area contributed by atoms with Gasteiger partial charge in [0.15, 0.2) is 5.76 Å². The maximum atomic E-state index is 12.6. The lowest BCUT2D eigenvalue weighted by Gasteiger charge is -2.24. The van der Waals surface area contributed by atoms with Crippen LogP contribution in [0.4, 0.5) is 11.4 Å². The van der Waals surface area contributed by atoms with Crippen molar-refractivity contribution < 1.29 is 14.3 Å². The molecule has 0 saturated carbocycles. The fourth-order valence-corrected chi connectivity index (χ4v) is 2.41. The Morgan fingerprint density at radius 3 is 2.95 bits per heavy atom. The molecular formula is C15H16N2O3. The van der Waals surface area contributed by atoms with Gasteiger partial charge >= 0.3 is 0 Å². The maximum absolute atomic E-state index is 12.6. The van der Waals surface area contributed by atoms with Gasteiger partial charge in [-0.3, -0.25) is 9.59 Å². The van der Waals surface area contributed by atoms with Crippen molar-refractivity contribution in [1.82, 2.24) is 0 Å². The van der Waals surface area contributed by atoms with Crippen molar-refractivity contribution >= 4 is 23.2 Å². The van der Waals surface area contributed by atoms with E-state index in [9.17, 15) is 9.59 Å². The zero-order valence-corrected chi connectivity index (χ0v) is 11.1. The topological polar surface area (TPSA) is 58.6 Å². The van der Waals surface area contributed by atoms with Crippen molar-refractivity contribution in [3.8, 4) is 0 Å². The monoisotopic (exact) mass is 272 g/mol. The van der Waals surface area contributed by atoms with Crippen molar-refractivity contribution in [3.05, 3.63) is 36.1 Å². The third-order valence-corrected chi connectivity index (χ3v) is 3.42. The second-order valence-corrected chi connectivity index (χ2v) is 4.83. The van der Waals surface area contributed by atoms with Gasteiger partial charge in [-0.1, -0.05) is 12.1 Å². The van der Waals surface area contributed by atoms with Crippen LogP contribution in [0.1, 0.15) is 19.3 Å². The molecule has 0 saturated heterocycles. The molecule has 1 aromatic rings. The SMILES string of the molecule is O=C1CCN(C(=O)C2=CCCCO2)c2ccccc2N1. The van der Waals surface area contributed by atoms with Crippen LogP contribution in [-0.2, 0) is 14.3 Å². The highest BCUT2D eigenvalue weighted by Crippen LogP contribution is 2.30. The molecule has 2 aliphatic rings. The first-order valence-electron chi connectivity index (χ1n) is 6.79. The number of amides is 2. The van der Waals surface area contributed by atoms with E-state index in [1.807, 2.05) is 24.3 Å². The Bertz CT molecular complexity index is 580. The average molecular weight is 272 g/mol. The molecule has 3 rings (SSSR count). The van der Waals surface area contributed by atoms with Crippen LogP contribution < -0.4 is 10.2 Å². The minimum atomic E-state index is -0.173. The van der Waals surface area contributed by atoms with E-state index in [0.717, 1.165) is 18.5 Å². The number of hydrogen-bond acceptors (Lipinski definition) is 3. The molecule has 0 aliphatic carbocycles. The Balaban J connectivity index is 1.94. The molecule has 1 N–H and O–H groups in total. The van der Waals surface area contributed by atoms with E-state index >= 15 is 0 Å². The third kappa shape index (κ3) is 2.39.